The van der Waals surface area contributed by atoms with Gasteiger partial charge in [0.15, 0.2) is 0 Å². The van der Waals surface area contributed by atoms with Crippen LogP contribution in [0.1, 0.15) is 11.1 Å². The van der Waals surface area contributed by atoms with Gasteiger partial charge in [-0.05, 0) is 37.3 Å². The predicted octanol–water partition coefficient (Wildman–Crippen LogP) is 3.86. The second kappa shape index (κ2) is 9.39. The van der Waals surface area contributed by atoms with Crippen LogP contribution in [0, 0.1) is 6.92 Å². The fraction of sp³-hybridized carbons (Fsp3) is 0.286. The molecule has 0 aliphatic carbocycles. The average Bonchev–Trinajstić information content (AvgIpc) is 2.72. The Morgan fingerprint density at radius 3 is 2.30 bits per heavy atom. The summed E-state index contributed by atoms with van der Waals surface area (Å²) in [5, 5.41) is 0.159. The van der Waals surface area contributed by atoms with Gasteiger partial charge in [-0.2, -0.15) is 4.31 Å². The smallest absolute Gasteiger partial charge is 0.246 e. The summed E-state index contributed by atoms with van der Waals surface area (Å²) in [5.41, 5.74) is 1.86. The van der Waals surface area contributed by atoms with E-state index in [2.05, 4.69) is 0 Å². The zero-order valence-electron chi connectivity index (χ0n) is 16.6. The number of ether oxygens (including phenoxy) is 1. The number of amides is 1. The molecule has 0 radical (unpaired) electrons. The van der Waals surface area contributed by atoms with Gasteiger partial charge in [-0.25, -0.2) is 8.42 Å². The van der Waals surface area contributed by atoms with Gasteiger partial charge in [0.05, 0.1) is 17.2 Å². The van der Waals surface area contributed by atoms with Crippen molar-refractivity contribution in [2.45, 2.75) is 11.8 Å². The Morgan fingerprint density at radius 1 is 1.07 bits per heavy atom. The summed E-state index contributed by atoms with van der Waals surface area (Å²) in [6.45, 7) is 2.84. The van der Waals surface area contributed by atoms with E-state index in [1.54, 1.807) is 24.2 Å². The number of piperazine rings is 1. The van der Waals surface area contributed by atoms with Crippen LogP contribution in [0.5, 0.6) is 5.75 Å². The number of rotatable bonds is 5. The molecule has 1 aliphatic rings. The minimum Gasteiger partial charge on any atom is -0.496 e. The first-order valence-corrected chi connectivity index (χ1v) is 11.5. The van der Waals surface area contributed by atoms with Crippen molar-refractivity contribution >= 4 is 45.2 Å². The SMILES string of the molecule is COc1ccc(C)cc1/C=C/C(=O)N1CCN(S(=O)(=O)c2c(Cl)cccc2Cl)CC1. The second-order valence-electron chi connectivity index (χ2n) is 6.86. The molecule has 0 spiro atoms. The summed E-state index contributed by atoms with van der Waals surface area (Å²) >= 11 is 12.1. The number of benzene rings is 2. The van der Waals surface area contributed by atoms with E-state index < -0.39 is 10.0 Å². The van der Waals surface area contributed by atoms with Crippen LogP contribution in [0.4, 0.5) is 0 Å². The molecule has 1 saturated heterocycles. The van der Waals surface area contributed by atoms with Crippen LogP contribution < -0.4 is 4.74 Å². The van der Waals surface area contributed by atoms with Gasteiger partial charge in [0.1, 0.15) is 10.6 Å². The molecule has 9 heteroatoms. The van der Waals surface area contributed by atoms with Crippen LogP contribution in [0.3, 0.4) is 0 Å². The Kier molecular flexibility index (Phi) is 7.08. The third-order valence-electron chi connectivity index (χ3n) is 4.86. The van der Waals surface area contributed by atoms with Crippen LogP contribution in [0.15, 0.2) is 47.4 Å². The fourth-order valence-electron chi connectivity index (χ4n) is 3.26. The standard InChI is InChI=1S/C21H22Cl2N2O4S/c1-15-6-8-19(29-2)16(14-15)7-9-20(26)24-10-12-25(13-11-24)30(27,28)21-17(22)4-3-5-18(21)23/h3-9,14H,10-13H2,1-2H3/b9-7+. The van der Waals surface area contributed by atoms with Crippen molar-refractivity contribution in [3.63, 3.8) is 0 Å². The summed E-state index contributed by atoms with van der Waals surface area (Å²) in [7, 11) is -2.27. The summed E-state index contributed by atoms with van der Waals surface area (Å²) in [4.78, 5) is 14.1. The predicted molar refractivity (Wildman–Crippen MR) is 119 cm³/mol. The molecule has 0 aromatic heterocycles. The van der Waals surface area contributed by atoms with Crippen LogP contribution in [-0.4, -0.2) is 56.8 Å². The normalized spacial score (nSPS) is 15.5. The molecule has 1 heterocycles. The zero-order chi connectivity index (χ0) is 21.9. The van der Waals surface area contributed by atoms with E-state index in [4.69, 9.17) is 27.9 Å². The summed E-state index contributed by atoms with van der Waals surface area (Å²) in [6, 6.07) is 10.3. The van der Waals surface area contributed by atoms with Crippen molar-refractivity contribution in [2.24, 2.45) is 0 Å². The molecule has 3 rings (SSSR count). The van der Waals surface area contributed by atoms with E-state index in [0.29, 0.717) is 5.75 Å². The molecule has 1 fully saturated rings. The largest absolute Gasteiger partial charge is 0.496 e. The van der Waals surface area contributed by atoms with E-state index in [9.17, 15) is 13.2 Å². The van der Waals surface area contributed by atoms with E-state index in [1.807, 2.05) is 25.1 Å². The number of carbonyl (C=O) groups excluding carboxylic acids is 1. The highest BCUT2D eigenvalue weighted by atomic mass is 35.5. The van der Waals surface area contributed by atoms with E-state index in [1.165, 1.54) is 22.5 Å². The minimum atomic E-state index is -3.84. The molecule has 0 atom stereocenters. The van der Waals surface area contributed by atoms with Gasteiger partial charge >= 0.3 is 0 Å². The Labute approximate surface area is 186 Å². The van der Waals surface area contributed by atoms with Gasteiger partial charge in [-0.15, -0.1) is 0 Å². The molecular formula is C21H22Cl2N2O4S. The van der Waals surface area contributed by atoms with E-state index >= 15 is 0 Å². The highest BCUT2D eigenvalue weighted by molar-refractivity contribution is 7.89. The topological polar surface area (TPSA) is 66.9 Å². The lowest BCUT2D eigenvalue weighted by molar-refractivity contribution is -0.127. The minimum absolute atomic E-state index is 0.0797. The number of hydrogen-bond acceptors (Lipinski definition) is 4. The van der Waals surface area contributed by atoms with Crippen molar-refractivity contribution < 1.29 is 17.9 Å². The fourth-order valence-corrected chi connectivity index (χ4v) is 5.77. The van der Waals surface area contributed by atoms with Crippen molar-refractivity contribution in [3.05, 3.63) is 63.6 Å². The molecule has 0 unspecified atom stereocenters. The van der Waals surface area contributed by atoms with Crippen molar-refractivity contribution in [3.8, 4) is 5.75 Å². The third kappa shape index (κ3) is 4.81. The summed E-state index contributed by atoms with van der Waals surface area (Å²) in [6.07, 6.45) is 3.19. The number of sulfonamides is 1. The van der Waals surface area contributed by atoms with Crippen LogP contribution in [0.25, 0.3) is 6.08 Å². The van der Waals surface area contributed by atoms with Gasteiger partial charge in [0.25, 0.3) is 0 Å². The van der Waals surface area contributed by atoms with Crippen LogP contribution in [0.2, 0.25) is 10.0 Å². The number of aryl methyl sites for hydroxylation is 1. The Balaban J connectivity index is 1.68. The lowest BCUT2D eigenvalue weighted by Gasteiger charge is -2.33. The number of hydrogen-bond donors (Lipinski definition) is 0. The second-order valence-corrected chi connectivity index (χ2v) is 9.55. The van der Waals surface area contributed by atoms with E-state index in [-0.39, 0.29) is 47.0 Å². The third-order valence-corrected chi connectivity index (χ3v) is 7.71. The first-order valence-electron chi connectivity index (χ1n) is 9.30. The lowest BCUT2D eigenvalue weighted by Crippen LogP contribution is -2.50. The van der Waals surface area contributed by atoms with Gasteiger partial charge in [-0.1, -0.05) is 40.9 Å². The molecule has 0 saturated carbocycles. The van der Waals surface area contributed by atoms with Crippen molar-refractivity contribution in [2.75, 3.05) is 33.3 Å². The first-order chi connectivity index (χ1) is 14.2. The molecule has 0 N–H and O–H groups in total. The Bertz CT molecular complexity index is 1060. The quantitative estimate of drug-likeness (QED) is 0.624. The molecular weight excluding hydrogens is 447 g/mol. The molecule has 6 nitrogen and oxygen atoms in total. The first kappa shape index (κ1) is 22.6. The van der Waals surface area contributed by atoms with Gasteiger partial charge in [-0.3, -0.25) is 4.79 Å². The number of methoxy groups -OCH3 is 1. The molecule has 0 bridgehead atoms. The maximum Gasteiger partial charge on any atom is 0.246 e. The Hall–Kier alpha value is -2.06. The average molecular weight is 469 g/mol. The van der Waals surface area contributed by atoms with Gasteiger partial charge in [0.2, 0.25) is 15.9 Å². The zero-order valence-corrected chi connectivity index (χ0v) is 19.0. The van der Waals surface area contributed by atoms with Crippen LogP contribution >= 0.6 is 23.2 Å². The van der Waals surface area contributed by atoms with Crippen molar-refractivity contribution in [1.29, 1.82) is 0 Å². The summed E-state index contributed by atoms with van der Waals surface area (Å²) < 4.78 is 32.5. The number of nitrogens with zero attached hydrogens (tertiary/aromatic N) is 2. The molecule has 160 valence electrons. The maximum absolute atomic E-state index is 12.9. The molecule has 30 heavy (non-hydrogen) atoms. The molecule has 1 amide bonds. The lowest BCUT2D eigenvalue weighted by atomic mass is 10.1. The van der Waals surface area contributed by atoms with Crippen molar-refractivity contribution in [1.82, 2.24) is 9.21 Å². The highest BCUT2D eigenvalue weighted by Crippen LogP contribution is 2.32. The number of carbonyl (C=O) groups is 1. The molecule has 2 aromatic rings. The Morgan fingerprint density at radius 2 is 1.70 bits per heavy atom. The number of halogens is 2. The van der Waals surface area contributed by atoms with Gasteiger partial charge < -0.3 is 9.64 Å². The maximum atomic E-state index is 12.9. The monoisotopic (exact) mass is 468 g/mol. The molecule has 1 aliphatic heterocycles. The van der Waals surface area contributed by atoms with Crippen LogP contribution in [-0.2, 0) is 14.8 Å². The molecule has 2 aromatic carbocycles. The van der Waals surface area contributed by atoms with Gasteiger partial charge in [0, 0.05) is 37.8 Å². The summed E-state index contributed by atoms with van der Waals surface area (Å²) in [5.74, 6) is 0.489. The van der Waals surface area contributed by atoms with E-state index in [0.717, 1.165) is 11.1 Å². The highest BCUT2D eigenvalue weighted by Gasteiger charge is 2.32.